The molecule has 1 heterocycles. The highest BCUT2D eigenvalue weighted by molar-refractivity contribution is 6.06. The highest BCUT2D eigenvalue weighted by atomic mass is 16.3. The highest BCUT2D eigenvalue weighted by Crippen LogP contribution is 2.47. The highest BCUT2D eigenvalue weighted by Gasteiger charge is 2.40. The van der Waals surface area contributed by atoms with E-state index >= 15 is 0 Å². The molecule has 0 bridgehead atoms. The molecule has 0 radical (unpaired) electrons. The van der Waals surface area contributed by atoms with Gasteiger partial charge in [0.1, 0.15) is 5.75 Å². The van der Waals surface area contributed by atoms with Crippen LogP contribution in [0.2, 0.25) is 0 Å². The lowest BCUT2D eigenvalue weighted by atomic mass is 9.78. The molecule has 3 aromatic rings. The van der Waals surface area contributed by atoms with E-state index in [0.29, 0.717) is 30.5 Å². The summed E-state index contributed by atoms with van der Waals surface area (Å²) in [6.45, 7) is 10.3. The van der Waals surface area contributed by atoms with Gasteiger partial charge in [-0.2, -0.15) is 0 Å². The Morgan fingerprint density at radius 2 is 1.51 bits per heavy atom. The SMILES string of the molecule is CC(=O)N1c2ccccc2NC2=C(C(=O)CC(c3ccc(O)cc3)C2)C1c1ccc(N(C(C)C)C(C)C)cc1. The van der Waals surface area contributed by atoms with Crippen molar-refractivity contribution in [1.29, 1.82) is 0 Å². The van der Waals surface area contributed by atoms with Gasteiger partial charge in [-0.3, -0.25) is 14.5 Å². The Morgan fingerprint density at radius 1 is 0.897 bits per heavy atom. The molecule has 5 rings (SSSR count). The number of carbonyl (C=O) groups is 2. The van der Waals surface area contributed by atoms with Crippen molar-refractivity contribution in [3.63, 3.8) is 0 Å². The molecule has 2 atom stereocenters. The van der Waals surface area contributed by atoms with Crippen LogP contribution in [0.15, 0.2) is 84.1 Å². The van der Waals surface area contributed by atoms with E-state index in [0.717, 1.165) is 33.9 Å². The Morgan fingerprint density at radius 3 is 2.13 bits per heavy atom. The fourth-order valence-electron chi connectivity index (χ4n) is 6.26. The number of hydrogen-bond acceptors (Lipinski definition) is 5. The number of ketones is 1. The molecule has 0 spiro atoms. The number of para-hydroxylation sites is 2. The van der Waals surface area contributed by atoms with Crippen molar-refractivity contribution in [1.82, 2.24) is 0 Å². The quantitative estimate of drug-likeness (QED) is 0.379. The maximum absolute atomic E-state index is 14.0. The summed E-state index contributed by atoms with van der Waals surface area (Å²) in [6, 6.07) is 23.3. The van der Waals surface area contributed by atoms with E-state index in [4.69, 9.17) is 0 Å². The number of nitrogens with zero attached hydrogens (tertiary/aromatic N) is 2. The Bertz CT molecular complexity index is 1400. The normalized spacial score (nSPS) is 18.9. The molecule has 2 aliphatic rings. The lowest BCUT2D eigenvalue weighted by Gasteiger charge is -2.36. The van der Waals surface area contributed by atoms with Crippen molar-refractivity contribution in [3.05, 3.63) is 95.2 Å². The predicted octanol–water partition coefficient (Wildman–Crippen LogP) is 6.94. The topological polar surface area (TPSA) is 72.9 Å². The van der Waals surface area contributed by atoms with Crippen molar-refractivity contribution < 1.29 is 14.7 Å². The Labute approximate surface area is 231 Å². The van der Waals surface area contributed by atoms with Crippen LogP contribution in [0, 0.1) is 0 Å². The zero-order valence-corrected chi connectivity index (χ0v) is 23.3. The summed E-state index contributed by atoms with van der Waals surface area (Å²) in [6.07, 6.45) is 0.978. The number of carbonyl (C=O) groups excluding carboxylic acids is 2. The molecular weight excluding hydrogens is 486 g/mol. The molecule has 2 N–H and O–H groups in total. The summed E-state index contributed by atoms with van der Waals surface area (Å²) in [4.78, 5) is 31.4. The van der Waals surface area contributed by atoms with Crippen LogP contribution in [-0.2, 0) is 9.59 Å². The van der Waals surface area contributed by atoms with Crippen molar-refractivity contribution in [2.24, 2.45) is 0 Å². The van der Waals surface area contributed by atoms with E-state index in [-0.39, 0.29) is 23.4 Å². The summed E-state index contributed by atoms with van der Waals surface area (Å²) < 4.78 is 0. The molecular formula is C33H37N3O3. The van der Waals surface area contributed by atoms with Crippen LogP contribution in [0.4, 0.5) is 17.1 Å². The molecule has 0 aromatic heterocycles. The summed E-state index contributed by atoms with van der Waals surface area (Å²) in [5.41, 5.74) is 6.09. The zero-order valence-electron chi connectivity index (χ0n) is 23.3. The molecule has 0 saturated heterocycles. The van der Waals surface area contributed by atoms with Crippen LogP contribution in [0.1, 0.15) is 70.5 Å². The van der Waals surface area contributed by atoms with Crippen molar-refractivity contribution in [2.75, 3.05) is 15.1 Å². The molecule has 6 nitrogen and oxygen atoms in total. The van der Waals surface area contributed by atoms with Crippen molar-refractivity contribution >= 4 is 28.8 Å². The molecule has 1 amide bonds. The summed E-state index contributed by atoms with van der Waals surface area (Å²) in [7, 11) is 0. The van der Waals surface area contributed by atoms with Crippen LogP contribution < -0.4 is 15.1 Å². The van der Waals surface area contributed by atoms with E-state index in [9.17, 15) is 14.7 Å². The second-order valence-corrected chi connectivity index (χ2v) is 11.1. The number of nitrogens with one attached hydrogen (secondary N) is 1. The minimum atomic E-state index is -0.539. The van der Waals surface area contributed by atoms with E-state index in [1.54, 1.807) is 24.0 Å². The molecule has 202 valence electrons. The van der Waals surface area contributed by atoms with Crippen LogP contribution in [0.25, 0.3) is 0 Å². The second-order valence-electron chi connectivity index (χ2n) is 11.1. The fraction of sp³-hybridized carbons (Fsp3) is 0.333. The van der Waals surface area contributed by atoms with Gasteiger partial charge in [-0.05, 0) is 87.6 Å². The molecule has 39 heavy (non-hydrogen) atoms. The lowest BCUT2D eigenvalue weighted by Crippen LogP contribution is -2.38. The van der Waals surface area contributed by atoms with Crippen LogP contribution in [-0.4, -0.2) is 28.9 Å². The third kappa shape index (κ3) is 5.03. The monoisotopic (exact) mass is 523 g/mol. The average molecular weight is 524 g/mol. The van der Waals surface area contributed by atoms with Gasteiger partial charge in [-0.25, -0.2) is 0 Å². The standard InChI is InChI=1S/C33H37N3O3/c1-20(2)35(21(3)4)26-14-10-24(11-15-26)33-32-29(34-28-8-6-7-9-30(28)36(33)22(5)37)18-25(19-31(32)39)23-12-16-27(38)17-13-23/h6-17,20-21,25,33-34,38H,18-19H2,1-5H3. The van der Waals surface area contributed by atoms with Gasteiger partial charge in [0.05, 0.1) is 17.4 Å². The average Bonchev–Trinajstić information content (AvgIpc) is 3.04. The van der Waals surface area contributed by atoms with Gasteiger partial charge in [0, 0.05) is 42.4 Å². The van der Waals surface area contributed by atoms with Gasteiger partial charge in [-0.1, -0.05) is 36.4 Å². The summed E-state index contributed by atoms with van der Waals surface area (Å²) in [5, 5.41) is 13.3. The molecule has 6 heteroatoms. The minimum Gasteiger partial charge on any atom is -0.508 e. The van der Waals surface area contributed by atoms with E-state index in [1.165, 1.54) is 0 Å². The van der Waals surface area contributed by atoms with Crippen molar-refractivity contribution in [2.45, 2.75) is 71.5 Å². The lowest BCUT2D eigenvalue weighted by molar-refractivity contribution is -0.117. The number of fused-ring (bicyclic) bond motifs is 1. The van der Waals surface area contributed by atoms with E-state index in [1.807, 2.05) is 36.4 Å². The van der Waals surface area contributed by atoms with Gasteiger partial charge >= 0.3 is 0 Å². The Kier molecular flexibility index (Phi) is 7.21. The third-order valence-corrected chi connectivity index (χ3v) is 7.81. The first-order chi connectivity index (χ1) is 18.7. The number of allylic oxidation sites excluding steroid dienone is 1. The van der Waals surface area contributed by atoms with E-state index in [2.05, 4.69) is 62.2 Å². The molecule has 0 fully saturated rings. The molecule has 1 aliphatic heterocycles. The van der Waals surface area contributed by atoms with E-state index < -0.39 is 6.04 Å². The molecule has 3 aromatic carbocycles. The van der Waals surface area contributed by atoms with Gasteiger partial charge in [-0.15, -0.1) is 0 Å². The van der Waals surface area contributed by atoms with Crippen molar-refractivity contribution in [3.8, 4) is 5.75 Å². The Balaban J connectivity index is 1.64. The number of phenols is 1. The van der Waals surface area contributed by atoms with Gasteiger partial charge < -0.3 is 15.3 Å². The largest absolute Gasteiger partial charge is 0.508 e. The first kappa shape index (κ1) is 26.5. The third-order valence-electron chi connectivity index (χ3n) is 7.81. The van der Waals surface area contributed by atoms with Crippen LogP contribution >= 0.6 is 0 Å². The van der Waals surface area contributed by atoms with Gasteiger partial charge in [0.25, 0.3) is 0 Å². The maximum atomic E-state index is 14.0. The number of hydrogen-bond donors (Lipinski definition) is 2. The molecule has 2 unspecified atom stereocenters. The van der Waals surface area contributed by atoms with Gasteiger partial charge in [0.2, 0.25) is 5.91 Å². The first-order valence-corrected chi connectivity index (χ1v) is 13.7. The van der Waals surface area contributed by atoms with Crippen LogP contribution in [0.3, 0.4) is 0 Å². The predicted molar refractivity (Wildman–Crippen MR) is 157 cm³/mol. The van der Waals surface area contributed by atoms with Gasteiger partial charge in [0.15, 0.2) is 5.78 Å². The second kappa shape index (κ2) is 10.6. The number of anilines is 3. The fourth-order valence-corrected chi connectivity index (χ4v) is 6.26. The molecule has 1 aliphatic carbocycles. The summed E-state index contributed by atoms with van der Waals surface area (Å²) in [5.74, 6) is 0.0953. The molecule has 0 saturated carbocycles. The zero-order chi connectivity index (χ0) is 27.8. The first-order valence-electron chi connectivity index (χ1n) is 13.7. The number of rotatable bonds is 5. The Hall–Kier alpha value is -4.06. The number of benzene rings is 3. The summed E-state index contributed by atoms with van der Waals surface area (Å²) >= 11 is 0. The smallest absolute Gasteiger partial charge is 0.224 e. The number of phenolic OH excluding ortho intramolecular Hbond substituents is 1. The number of Topliss-reactive ketones (excluding diaryl/α,β-unsaturated/α-hetero) is 1. The number of amides is 1. The maximum Gasteiger partial charge on any atom is 0.224 e. The van der Waals surface area contributed by atoms with Crippen LogP contribution in [0.5, 0.6) is 5.75 Å². The minimum absolute atomic E-state index is 0.0194. The number of aromatic hydroxyl groups is 1.